The number of rotatable bonds is 4. The SMILES string of the molecule is CS(=O)(=O)c1cccc(OCC(C#N)C(F)(F)F)c1. The van der Waals surface area contributed by atoms with E-state index >= 15 is 0 Å². The standard InChI is InChI=1S/C11H10F3NO3S/c1-19(16,17)10-4-2-3-9(5-10)18-7-8(6-15)11(12,13)14/h2-5,8H,7H2,1H3. The van der Waals surface area contributed by atoms with Gasteiger partial charge in [-0.1, -0.05) is 6.07 Å². The Morgan fingerprint density at radius 3 is 2.53 bits per heavy atom. The molecule has 1 rings (SSSR count). The number of sulfone groups is 1. The number of hydrogen-bond donors (Lipinski definition) is 0. The highest BCUT2D eigenvalue weighted by molar-refractivity contribution is 7.90. The fraction of sp³-hybridized carbons (Fsp3) is 0.364. The smallest absolute Gasteiger partial charge is 0.407 e. The van der Waals surface area contributed by atoms with Gasteiger partial charge in [-0.2, -0.15) is 18.4 Å². The Hall–Kier alpha value is -1.75. The van der Waals surface area contributed by atoms with Gasteiger partial charge in [0.05, 0.1) is 11.0 Å². The molecule has 0 N–H and O–H groups in total. The van der Waals surface area contributed by atoms with E-state index in [0.717, 1.165) is 18.4 Å². The van der Waals surface area contributed by atoms with Gasteiger partial charge in [-0.15, -0.1) is 0 Å². The third-order valence-corrected chi connectivity index (χ3v) is 3.31. The molecule has 0 amide bonds. The van der Waals surface area contributed by atoms with E-state index in [9.17, 15) is 21.6 Å². The minimum atomic E-state index is -4.68. The van der Waals surface area contributed by atoms with Gasteiger partial charge in [0.2, 0.25) is 0 Å². The molecule has 1 aromatic carbocycles. The summed E-state index contributed by atoms with van der Waals surface area (Å²) < 4.78 is 64.2. The van der Waals surface area contributed by atoms with Crippen molar-refractivity contribution in [2.45, 2.75) is 11.1 Å². The number of benzene rings is 1. The van der Waals surface area contributed by atoms with Crippen molar-refractivity contribution in [2.24, 2.45) is 5.92 Å². The number of nitriles is 1. The van der Waals surface area contributed by atoms with Crippen LogP contribution in [0.15, 0.2) is 29.2 Å². The van der Waals surface area contributed by atoms with Gasteiger partial charge in [0.1, 0.15) is 12.4 Å². The zero-order chi connectivity index (χ0) is 14.7. The van der Waals surface area contributed by atoms with Crippen LogP contribution < -0.4 is 4.74 Å². The Kier molecular flexibility index (Phi) is 4.42. The van der Waals surface area contributed by atoms with Crippen molar-refractivity contribution in [1.82, 2.24) is 0 Å². The van der Waals surface area contributed by atoms with Crippen LogP contribution in [0, 0.1) is 17.2 Å². The minimum Gasteiger partial charge on any atom is -0.492 e. The summed E-state index contributed by atoms with van der Waals surface area (Å²) in [5.74, 6) is -2.29. The van der Waals surface area contributed by atoms with Crippen LogP contribution in [0.4, 0.5) is 13.2 Å². The number of alkyl halides is 3. The molecule has 0 fully saturated rings. The number of nitrogens with zero attached hydrogens (tertiary/aromatic N) is 1. The first kappa shape index (κ1) is 15.3. The fourth-order valence-electron chi connectivity index (χ4n) is 1.18. The molecule has 104 valence electrons. The molecule has 0 saturated heterocycles. The molecule has 19 heavy (non-hydrogen) atoms. The van der Waals surface area contributed by atoms with E-state index in [1.54, 1.807) is 0 Å². The highest BCUT2D eigenvalue weighted by Crippen LogP contribution is 2.27. The van der Waals surface area contributed by atoms with Crippen LogP contribution in [-0.4, -0.2) is 27.5 Å². The lowest BCUT2D eigenvalue weighted by atomic mass is 10.2. The van der Waals surface area contributed by atoms with E-state index in [1.807, 2.05) is 0 Å². The Labute approximate surface area is 108 Å². The van der Waals surface area contributed by atoms with Gasteiger partial charge in [0.25, 0.3) is 0 Å². The highest BCUT2D eigenvalue weighted by Gasteiger charge is 2.40. The second kappa shape index (κ2) is 5.48. The van der Waals surface area contributed by atoms with Gasteiger partial charge in [-0.3, -0.25) is 0 Å². The third kappa shape index (κ3) is 4.44. The van der Waals surface area contributed by atoms with Crippen molar-refractivity contribution >= 4 is 9.84 Å². The van der Waals surface area contributed by atoms with Crippen LogP contribution in [-0.2, 0) is 9.84 Å². The summed E-state index contributed by atoms with van der Waals surface area (Å²) in [6, 6.07) is 6.17. The first-order chi connectivity index (χ1) is 8.64. The van der Waals surface area contributed by atoms with E-state index in [-0.39, 0.29) is 10.6 Å². The van der Waals surface area contributed by atoms with Crippen molar-refractivity contribution in [3.63, 3.8) is 0 Å². The van der Waals surface area contributed by atoms with E-state index in [2.05, 4.69) is 0 Å². The van der Waals surface area contributed by atoms with Crippen molar-refractivity contribution in [3.05, 3.63) is 24.3 Å². The summed E-state index contributed by atoms with van der Waals surface area (Å²) in [5, 5.41) is 8.38. The molecule has 0 aliphatic carbocycles. The average Bonchev–Trinajstić information content (AvgIpc) is 2.27. The van der Waals surface area contributed by atoms with Gasteiger partial charge >= 0.3 is 6.18 Å². The van der Waals surface area contributed by atoms with E-state index < -0.39 is 28.5 Å². The summed E-state index contributed by atoms with van der Waals surface area (Å²) >= 11 is 0. The lowest BCUT2D eigenvalue weighted by Gasteiger charge is -2.14. The van der Waals surface area contributed by atoms with Gasteiger partial charge < -0.3 is 4.74 Å². The summed E-state index contributed by atoms with van der Waals surface area (Å²) in [5.41, 5.74) is 0. The van der Waals surface area contributed by atoms with Gasteiger partial charge in [-0.05, 0) is 18.2 Å². The number of hydrogen-bond acceptors (Lipinski definition) is 4. The summed E-state index contributed by atoms with van der Waals surface area (Å²) in [4.78, 5) is -0.0643. The molecule has 0 saturated carbocycles. The molecule has 0 radical (unpaired) electrons. The maximum absolute atomic E-state index is 12.3. The van der Waals surface area contributed by atoms with Gasteiger partial charge in [0, 0.05) is 6.26 Å². The predicted molar refractivity (Wildman–Crippen MR) is 60.2 cm³/mol. The molecule has 0 aliphatic rings. The van der Waals surface area contributed by atoms with E-state index in [4.69, 9.17) is 10.00 Å². The summed E-state index contributed by atoms with van der Waals surface area (Å²) in [6.07, 6.45) is -3.71. The molecular weight excluding hydrogens is 283 g/mol. The first-order valence-corrected chi connectivity index (χ1v) is 6.93. The average molecular weight is 293 g/mol. The second-order valence-corrected chi connectivity index (χ2v) is 5.80. The molecule has 0 aliphatic heterocycles. The molecular formula is C11H10F3NO3S. The largest absolute Gasteiger partial charge is 0.492 e. The Morgan fingerprint density at radius 1 is 1.42 bits per heavy atom. The van der Waals surface area contributed by atoms with Crippen LogP contribution in [0.5, 0.6) is 5.75 Å². The van der Waals surface area contributed by atoms with Gasteiger partial charge in [0.15, 0.2) is 15.8 Å². The maximum atomic E-state index is 12.3. The molecule has 1 unspecified atom stereocenters. The number of ether oxygens (including phenoxy) is 1. The molecule has 1 aromatic rings. The van der Waals surface area contributed by atoms with Crippen LogP contribution in [0.1, 0.15) is 0 Å². The zero-order valence-electron chi connectivity index (χ0n) is 9.81. The normalized spacial score (nSPS) is 13.6. The van der Waals surface area contributed by atoms with Crippen LogP contribution in [0.25, 0.3) is 0 Å². The van der Waals surface area contributed by atoms with Crippen molar-refractivity contribution in [1.29, 1.82) is 5.26 Å². The predicted octanol–water partition coefficient (Wildman–Crippen LogP) is 2.17. The minimum absolute atomic E-state index is 0.0348. The van der Waals surface area contributed by atoms with E-state index in [1.165, 1.54) is 18.2 Å². The molecule has 0 spiro atoms. The second-order valence-electron chi connectivity index (χ2n) is 3.78. The molecule has 8 heteroatoms. The summed E-state index contributed by atoms with van der Waals surface area (Å²) in [6.45, 7) is -0.882. The van der Waals surface area contributed by atoms with Crippen molar-refractivity contribution in [3.8, 4) is 11.8 Å². The molecule has 0 heterocycles. The summed E-state index contributed by atoms with van der Waals surface area (Å²) in [7, 11) is -3.47. The van der Waals surface area contributed by atoms with Crippen molar-refractivity contribution in [2.75, 3.05) is 12.9 Å². The van der Waals surface area contributed by atoms with Crippen LogP contribution >= 0.6 is 0 Å². The molecule has 0 bridgehead atoms. The van der Waals surface area contributed by atoms with E-state index in [0.29, 0.717) is 0 Å². The Balaban J connectivity index is 2.83. The zero-order valence-corrected chi connectivity index (χ0v) is 10.6. The topological polar surface area (TPSA) is 67.2 Å². The lowest BCUT2D eigenvalue weighted by Crippen LogP contribution is -2.27. The quantitative estimate of drug-likeness (QED) is 0.853. The van der Waals surface area contributed by atoms with Crippen LogP contribution in [0.2, 0.25) is 0 Å². The number of halogens is 3. The maximum Gasteiger partial charge on any atom is 0.407 e. The molecule has 0 aromatic heterocycles. The van der Waals surface area contributed by atoms with Gasteiger partial charge in [-0.25, -0.2) is 8.42 Å². The molecule has 4 nitrogen and oxygen atoms in total. The van der Waals surface area contributed by atoms with Crippen LogP contribution in [0.3, 0.4) is 0 Å². The molecule has 1 atom stereocenters. The van der Waals surface area contributed by atoms with Crippen molar-refractivity contribution < 1.29 is 26.3 Å². The third-order valence-electron chi connectivity index (χ3n) is 2.20. The lowest BCUT2D eigenvalue weighted by molar-refractivity contribution is -0.165. The Morgan fingerprint density at radius 2 is 2.05 bits per heavy atom. The monoisotopic (exact) mass is 293 g/mol. The highest BCUT2D eigenvalue weighted by atomic mass is 32.2. The Bertz CT molecular complexity index is 590. The first-order valence-electron chi connectivity index (χ1n) is 5.04. The fourth-order valence-corrected chi connectivity index (χ4v) is 1.84.